The molecule has 164 valence electrons. The summed E-state index contributed by atoms with van der Waals surface area (Å²) in [7, 11) is 3.35. The monoisotopic (exact) mass is 450 g/mol. The van der Waals surface area contributed by atoms with Crippen LogP contribution in [-0.2, 0) is 13.1 Å². The van der Waals surface area contributed by atoms with E-state index in [4.69, 9.17) is 0 Å². The van der Waals surface area contributed by atoms with Gasteiger partial charge in [-0.25, -0.2) is 4.39 Å². The SMILES string of the molecule is CNC(=O)c1ccc(CN(C)C(=O)c2cc3c(C)nn(Cc4ccc(F)cc4)c3s2)cc1. The van der Waals surface area contributed by atoms with Crippen molar-refractivity contribution in [2.24, 2.45) is 0 Å². The van der Waals surface area contributed by atoms with Gasteiger partial charge in [-0.05, 0) is 48.4 Å². The third kappa shape index (κ3) is 4.40. The van der Waals surface area contributed by atoms with E-state index < -0.39 is 0 Å². The molecule has 0 bridgehead atoms. The molecule has 32 heavy (non-hydrogen) atoms. The van der Waals surface area contributed by atoms with E-state index in [0.29, 0.717) is 23.5 Å². The summed E-state index contributed by atoms with van der Waals surface area (Å²) in [6.45, 7) is 2.86. The van der Waals surface area contributed by atoms with E-state index in [9.17, 15) is 14.0 Å². The summed E-state index contributed by atoms with van der Waals surface area (Å²) in [6.07, 6.45) is 0. The van der Waals surface area contributed by atoms with E-state index in [1.165, 1.54) is 23.5 Å². The lowest BCUT2D eigenvalue weighted by Gasteiger charge is -2.16. The van der Waals surface area contributed by atoms with Gasteiger partial charge in [0.2, 0.25) is 0 Å². The molecule has 0 atom stereocenters. The molecule has 0 unspecified atom stereocenters. The van der Waals surface area contributed by atoms with Gasteiger partial charge in [-0.15, -0.1) is 11.3 Å². The molecule has 1 N–H and O–H groups in total. The Labute approximate surface area is 189 Å². The number of nitrogens with zero attached hydrogens (tertiary/aromatic N) is 3. The van der Waals surface area contributed by atoms with Crippen molar-refractivity contribution in [3.63, 3.8) is 0 Å². The summed E-state index contributed by atoms with van der Waals surface area (Å²) in [5, 5.41) is 8.13. The fraction of sp³-hybridized carbons (Fsp3) is 0.208. The molecule has 2 aromatic carbocycles. The molecule has 2 aromatic heterocycles. The number of benzene rings is 2. The average molecular weight is 451 g/mol. The first-order chi connectivity index (χ1) is 15.4. The molecule has 0 saturated heterocycles. The molecule has 2 heterocycles. The Morgan fingerprint density at radius 1 is 1.09 bits per heavy atom. The van der Waals surface area contributed by atoms with Crippen molar-refractivity contribution in [3.8, 4) is 0 Å². The maximum atomic E-state index is 13.2. The molecule has 4 aromatic rings. The van der Waals surface area contributed by atoms with Gasteiger partial charge in [-0.2, -0.15) is 5.10 Å². The Morgan fingerprint density at radius 2 is 1.75 bits per heavy atom. The summed E-state index contributed by atoms with van der Waals surface area (Å²) in [5.74, 6) is -0.489. The number of rotatable bonds is 6. The van der Waals surface area contributed by atoms with Crippen molar-refractivity contribution >= 4 is 33.4 Å². The van der Waals surface area contributed by atoms with Crippen molar-refractivity contribution in [1.29, 1.82) is 0 Å². The highest BCUT2D eigenvalue weighted by Gasteiger charge is 2.19. The summed E-state index contributed by atoms with van der Waals surface area (Å²) >= 11 is 1.41. The summed E-state index contributed by atoms with van der Waals surface area (Å²) in [6, 6.07) is 15.4. The highest BCUT2D eigenvalue weighted by atomic mass is 32.1. The first-order valence-corrected chi connectivity index (χ1v) is 10.9. The minimum atomic E-state index is -0.272. The fourth-order valence-electron chi connectivity index (χ4n) is 3.53. The predicted octanol–water partition coefficient (Wildman–Crippen LogP) is 4.23. The number of aromatic nitrogens is 2. The number of nitrogens with one attached hydrogen (secondary N) is 1. The van der Waals surface area contributed by atoms with E-state index in [1.807, 2.05) is 29.8 Å². The van der Waals surface area contributed by atoms with Crippen LogP contribution in [0.2, 0.25) is 0 Å². The lowest BCUT2D eigenvalue weighted by Crippen LogP contribution is -2.25. The maximum absolute atomic E-state index is 13.2. The molecule has 0 aliphatic rings. The Hall–Kier alpha value is -3.52. The number of fused-ring (bicyclic) bond motifs is 1. The number of halogens is 1. The van der Waals surface area contributed by atoms with E-state index >= 15 is 0 Å². The fourth-order valence-corrected chi connectivity index (χ4v) is 4.68. The van der Waals surface area contributed by atoms with E-state index in [0.717, 1.165) is 27.0 Å². The number of thiophene rings is 1. The third-order valence-corrected chi connectivity index (χ3v) is 6.41. The molecule has 0 aliphatic heterocycles. The van der Waals surface area contributed by atoms with Gasteiger partial charge >= 0.3 is 0 Å². The summed E-state index contributed by atoms with van der Waals surface area (Å²) in [5.41, 5.74) is 3.31. The second-order valence-electron chi connectivity index (χ2n) is 7.64. The molecule has 4 rings (SSSR count). The third-order valence-electron chi connectivity index (χ3n) is 5.27. The van der Waals surface area contributed by atoms with Gasteiger partial charge in [0.25, 0.3) is 11.8 Å². The molecule has 6 nitrogen and oxygen atoms in total. The van der Waals surface area contributed by atoms with Gasteiger partial charge in [0.15, 0.2) is 0 Å². The summed E-state index contributed by atoms with van der Waals surface area (Å²) in [4.78, 5) is 28.0. The van der Waals surface area contributed by atoms with E-state index in [-0.39, 0.29) is 17.6 Å². The Kier molecular flexibility index (Phi) is 6.05. The first kappa shape index (κ1) is 21.7. The smallest absolute Gasteiger partial charge is 0.264 e. The van der Waals surface area contributed by atoms with Gasteiger partial charge in [0.05, 0.1) is 17.1 Å². The molecular formula is C24H23FN4O2S. The van der Waals surface area contributed by atoms with Gasteiger partial charge in [-0.1, -0.05) is 24.3 Å². The number of carbonyl (C=O) groups is 2. The Balaban J connectivity index is 1.52. The van der Waals surface area contributed by atoms with E-state index in [2.05, 4.69) is 10.4 Å². The highest BCUT2D eigenvalue weighted by molar-refractivity contribution is 7.20. The second-order valence-corrected chi connectivity index (χ2v) is 8.67. The standard InChI is InChI=1S/C24H23FN4O2S/c1-15-20-12-21(32-24(20)29(27-15)14-17-6-10-19(25)11-7-17)23(31)28(3)13-16-4-8-18(9-5-16)22(30)26-2/h4-12H,13-14H2,1-3H3,(H,26,30). The number of aryl methyl sites for hydroxylation is 1. The summed E-state index contributed by atoms with van der Waals surface area (Å²) < 4.78 is 15.1. The van der Waals surface area contributed by atoms with Crippen LogP contribution in [0.15, 0.2) is 54.6 Å². The van der Waals surface area contributed by atoms with Crippen LogP contribution in [0.5, 0.6) is 0 Å². The molecule has 0 spiro atoms. The van der Waals surface area contributed by atoms with Crippen molar-refractivity contribution in [2.75, 3.05) is 14.1 Å². The quantitative estimate of drug-likeness (QED) is 0.478. The zero-order valence-electron chi connectivity index (χ0n) is 18.1. The largest absolute Gasteiger partial charge is 0.355 e. The van der Waals surface area contributed by atoms with Crippen LogP contribution >= 0.6 is 11.3 Å². The van der Waals surface area contributed by atoms with Crippen LogP contribution in [-0.4, -0.2) is 40.6 Å². The Bertz CT molecular complexity index is 1280. The number of hydrogen-bond acceptors (Lipinski definition) is 4. The Morgan fingerprint density at radius 3 is 2.41 bits per heavy atom. The van der Waals surface area contributed by atoms with Crippen molar-refractivity contribution in [2.45, 2.75) is 20.0 Å². The lowest BCUT2D eigenvalue weighted by molar-refractivity contribution is 0.0789. The van der Waals surface area contributed by atoms with Crippen molar-refractivity contribution in [3.05, 3.63) is 87.7 Å². The van der Waals surface area contributed by atoms with Gasteiger partial charge in [-0.3, -0.25) is 14.3 Å². The first-order valence-electron chi connectivity index (χ1n) is 10.1. The zero-order chi connectivity index (χ0) is 22.8. The average Bonchev–Trinajstić information content (AvgIpc) is 3.36. The van der Waals surface area contributed by atoms with Crippen LogP contribution < -0.4 is 5.32 Å². The predicted molar refractivity (Wildman–Crippen MR) is 123 cm³/mol. The van der Waals surface area contributed by atoms with Crippen molar-refractivity contribution < 1.29 is 14.0 Å². The van der Waals surface area contributed by atoms with E-state index in [1.54, 1.807) is 43.3 Å². The number of carbonyl (C=O) groups excluding carboxylic acids is 2. The van der Waals surface area contributed by atoms with Crippen LogP contribution in [0.3, 0.4) is 0 Å². The molecular weight excluding hydrogens is 427 g/mol. The zero-order valence-corrected chi connectivity index (χ0v) is 18.9. The number of hydrogen-bond donors (Lipinski definition) is 1. The highest BCUT2D eigenvalue weighted by Crippen LogP contribution is 2.30. The van der Waals surface area contributed by atoms with Crippen LogP contribution in [0.1, 0.15) is 36.9 Å². The topological polar surface area (TPSA) is 67.2 Å². The van der Waals surface area contributed by atoms with Gasteiger partial charge in [0.1, 0.15) is 10.6 Å². The minimum Gasteiger partial charge on any atom is -0.355 e. The molecule has 0 fully saturated rings. The molecule has 0 saturated carbocycles. The normalized spacial score (nSPS) is 11.0. The minimum absolute atomic E-state index is 0.0747. The lowest BCUT2D eigenvalue weighted by atomic mass is 10.1. The van der Waals surface area contributed by atoms with Gasteiger partial charge < -0.3 is 10.2 Å². The second kappa shape index (κ2) is 8.92. The van der Waals surface area contributed by atoms with Crippen molar-refractivity contribution in [1.82, 2.24) is 20.0 Å². The molecule has 8 heteroatoms. The van der Waals surface area contributed by atoms with Crippen LogP contribution in [0.4, 0.5) is 4.39 Å². The number of amides is 2. The van der Waals surface area contributed by atoms with Crippen LogP contribution in [0, 0.1) is 12.7 Å². The molecule has 0 aliphatic carbocycles. The van der Waals surface area contributed by atoms with Crippen LogP contribution in [0.25, 0.3) is 10.2 Å². The molecule has 0 radical (unpaired) electrons. The van der Waals surface area contributed by atoms with Gasteiger partial charge in [0, 0.05) is 31.6 Å². The maximum Gasteiger partial charge on any atom is 0.264 e. The molecule has 2 amide bonds.